The minimum atomic E-state index is 0.383. The van der Waals surface area contributed by atoms with Crippen LogP contribution in [0.25, 0.3) is 0 Å². The summed E-state index contributed by atoms with van der Waals surface area (Å²) in [5.41, 5.74) is 3.82. The van der Waals surface area contributed by atoms with Crippen molar-refractivity contribution in [1.29, 1.82) is 0 Å². The van der Waals surface area contributed by atoms with Gasteiger partial charge in [0, 0.05) is 37.4 Å². The molecule has 0 saturated carbocycles. The highest BCUT2D eigenvalue weighted by Gasteiger charge is 2.13. The molecule has 0 spiro atoms. The fraction of sp³-hybridized carbons (Fsp3) is 0.438. The third-order valence-electron chi connectivity index (χ3n) is 3.80. The number of likely N-dealkylation sites (N-methyl/N-ethyl adjacent to an activating group) is 1. The van der Waals surface area contributed by atoms with Gasteiger partial charge in [0.1, 0.15) is 0 Å². The van der Waals surface area contributed by atoms with Gasteiger partial charge >= 0.3 is 0 Å². The Morgan fingerprint density at radius 2 is 1.95 bits per heavy atom. The van der Waals surface area contributed by atoms with Crippen LogP contribution in [0, 0.1) is 6.92 Å². The Hall–Kier alpha value is -1.65. The van der Waals surface area contributed by atoms with Gasteiger partial charge in [-0.2, -0.15) is 5.10 Å². The Morgan fingerprint density at radius 3 is 2.50 bits per heavy atom. The number of nitrogens with one attached hydrogen (secondary N) is 1. The molecule has 4 nitrogen and oxygen atoms in total. The molecule has 0 aliphatic carbocycles. The fourth-order valence-corrected chi connectivity index (χ4v) is 2.34. The van der Waals surface area contributed by atoms with E-state index in [1.54, 1.807) is 0 Å². The van der Waals surface area contributed by atoms with Gasteiger partial charge in [-0.25, -0.2) is 0 Å². The maximum Gasteiger partial charge on any atom is 0.0537 e. The molecule has 1 unspecified atom stereocenters. The molecule has 1 aromatic carbocycles. The second kappa shape index (κ2) is 6.68. The van der Waals surface area contributed by atoms with E-state index < -0.39 is 0 Å². The Balaban J connectivity index is 1.95. The maximum atomic E-state index is 4.27. The van der Waals surface area contributed by atoms with E-state index in [1.807, 2.05) is 17.9 Å². The molecule has 1 heterocycles. The Kier molecular flexibility index (Phi) is 4.93. The Morgan fingerprint density at radius 1 is 1.25 bits per heavy atom. The fourth-order valence-electron chi connectivity index (χ4n) is 2.34. The molecule has 0 saturated heterocycles. The number of rotatable bonds is 6. The van der Waals surface area contributed by atoms with E-state index >= 15 is 0 Å². The molecule has 20 heavy (non-hydrogen) atoms. The van der Waals surface area contributed by atoms with E-state index in [4.69, 9.17) is 0 Å². The highest BCUT2D eigenvalue weighted by Crippen LogP contribution is 2.17. The number of benzene rings is 1. The molecule has 2 rings (SSSR count). The van der Waals surface area contributed by atoms with Crippen molar-refractivity contribution in [3.05, 3.63) is 53.3 Å². The minimum absolute atomic E-state index is 0.383. The summed E-state index contributed by atoms with van der Waals surface area (Å²) in [6.07, 6.45) is 1.94. The quantitative estimate of drug-likeness (QED) is 0.874. The van der Waals surface area contributed by atoms with E-state index in [9.17, 15) is 0 Å². The lowest BCUT2D eigenvalue weighted by Crippen LogP contribution is -2.30. The molecule has 0 fully saturated rings. The number of hydrogen-bond donors (Lipinski definition) is 1. The first-order valence-corrected chi connectivity index (χ1v) is 6.99. The number of aromatic nitrogens is 2. The van der Waals surface area contributed by atoms with Gasteiger partial charge in [-0.05, 0) is 26.6 Å². The van der Waals surface area contributed by atoms with Gasteiger partial charge in [0.15, 0.2) is 0 Å². The predicted octanol–water partition coefficient (Wildman–Crippen LogP) is 2.12. The molecular formula is C16H24N4. The summed E-state index contributed by atoms with van der Waals surface area (Å²) in [6, 6.07) is 11.0. The third-order valence-corrected chi connectivity index (χ3v) is 3.80. The normalized spacial score (nSPS) is 12.8. The number of nitrogens with zero attached hydrogens (tertiary/aromatic N) is 3. The van der Waals surface area contributed by atoms with Crippen LogP contribution in [0.3, 0.4) is 0 Å². The van der Waals surface area contributed by atoms with Gasteiger partial charge in [0.2, 0.25) is 0 Å². The van der Waals surface area contributed by atoms with E-state index in [0.717, 1.165) is 13.1 Å². The van der Waals surface area contributed by atoms with E-state index in [2.05, 4.69) is 66.7 Å². The first kappa shape index (κ1) is 14.8. The lowest BCUT2D eigenvalue weighted by atomic mass is 10.1. The minimum Gasteiger partial charge on any atom is -0.311 e. The lowest BCUT2D eigenvalue weighted by Gasteiger charge is -2.25. The summed E-state index contributed by atoms with van der Waals surface area (Å²) in [5, 5.41) is 7.81. The lowest BCUT2D eigenvalue weighted by molar-refractivity contribution is 0.288. The molecule has 1 atom stereocenters. The molecule has 2 aromatic rings. The molecular weight excluding hydrogens is 248 g/mol. The summed E-state index contributed by atoms with van der Waals surface area (Å²) in [6.45, 7) is 3.88. The van der Waals surface area contributed by atoms with Gasteiger partial charge in [0.25, 0.3) is 0 Å². The summed E-state index contributed by atoms with van der Waals surface area (Å²) < 4.78 is 1.91. The van der Waals surface area contributed by atoms with Gasteiger partial charge in [-0.3, -0.25) is 4.68 Å². The molecule has 0 bridgehead atoms. The summed E-state index contributed by atoms with van der Waals surface area (Å²) in [7, 11) is 6.22. The Bertz CT molecular complexity index is 531. The van der Waals surface area contributed by atoms with E-state index in [0.29, 0.717) is 6.04 Å². The number of hydrogen-bond acceptors (Lipinski definition) is 3. The van der Waals surface area contributed by atoms with Gasteiger partial charge in [-0.15, -0.1) is 0 Å². The van der Waals surface area contributed by atoms with Crippen molar-refractivity contribution < 1.29 is 0 Å². The molecule has 0 aliphatic heterocycles. The molecule has 4 heteroatoms. The topological polar surface area (TPSA) is 33.1 Å². The number of aryl methyl sites for hydroxylation is 1. The van der Waals surface area contributed by atoms with Crippen molar-refractivity contribution in [2.45, 2.75) is 19.5 Å². The van der Waals surface area contributed by atoms with Crippen molar-refractivity contribution in [2.75, 3.05) is 20.6 Å². The van der Waals surface area contributed by atoms with Crippen molar-refractivity contribution in [1.82, 2.24) is 20.0 Å². The van der Waals surface area contributed by atoms with Crippen LogP contribution in [0.4, 0.5) is 0 Å². The highest BCUT2D eigenvalue weighted by atomic mass is 15.3. The van der Waals surface area contributed by atoms with Crippen LogP contribution < -0.4 is 5.32 Å². The van der Waals surface area contributed by atoms with Crippen molar-refractivity contribution in [3.8, 4) is 0 Å². The summed E-state index contributed by atoms with van der Waals surface area (Å²) >= 11 is 0. The Labute approximate surface area is 121 Å². The molecule has 1 aromatic heterocycles. The van der Waals surface area contributed by atoms with Crippen LogP contribution in [-0.2, 0) is 13.6 Å². The van der Waals surface area contributed by atoms with E-state index in [-0.39, 0.29) is 0 Å². The zero-order chi connectivity index (χ0) is 14.5. The molecule has 0 radical (unpaired) electrons. The van der Waals surface area contributed by atoms with Gasteiger partial charge < -0.3 is 10.2 Å². The largest absolute Gasteiger partial charge is 0.311 e. The van der Waals surface area contributed by atoms with Crippen LogP contribution in [-0.4, -0.2) is 35.3 Å². The van der Waals surface area contributed by atoms with Gasteiger partial charge in [-0.1, -0.05) is 30.3 Å². The third kappa shape index (κ3) is 3.46. The van der Waals surface area contributed by atoms with Crippen LogP contribution in [0.1, 0.15) is 22.9 Å². The zero-order valence-electron chi connectivity index (χ0n) is 12.8. The molecule has 1 N–H and O–H groups in total. The first-order valence-electron chi connectivity index (χ1n) is 6.99. The first-order chi connectivity index (χ1) is 9.59. The zero-order valence-corrected chi connectivity index (χ0v) is 12.8. The van der Waals surface area contributed by atoms with Crippen LogP contribution in [0.15, 0.2) is 36.5 Å². The summed E-state index contributed by atoms with van der Waals surface area (Å²) in [5.74, 6) is 0. The second-order valence-corrected chi connectivity index (χ2v) is 5.40. The molecule has 0 amide bonds. The standard InChI is InChI=1S/C16H24N4/c1-13-15(11-18-20(13)4)10-17-12-16(19(2)3)14-8-6-5-7-9-14/h5-9,11,16-17H,10,12H2,1-4H3. The van der Waals surface area contributed by atoms with E-state index in [1.165, 1.54) is 16.8 Å². The smallest absolute Gasteiger partial charge is 0.0537 e. The van der Waals surface area contributed by atoms with Crippen molar-refractivity contribution >= 4 is 0 Å². The monoisotopic (exact) mass is 272 g/mol. The molecule has 108 valence electrons. The van der Waals surface area contributed by atoms with Crippen molar-refractivity contribution in [3.63, 3.8) is 0 Å². The average molecular weight is 272 g/mol. The van der Waals surface area contributed by atoms with Gasteiger partial charge in [0.05, 0.1) is 6.20 Å². The second-order valence-electron chi connectivity index (χ2n) is 5.40. The van der Waals surface area contributed by atoms with Crippen molar-refractivity contribution in [2.24, 2.45) is 7.05 Å². The SMILES string of the molecule is Cc1c(CNCC(c2ccccc2)N(C)C)cnn1C. The highest BCUT2D eigenvalue weighted by molar-refractivity contribution is 5.20. The molecule has 0 aliphatic rings. The van der Waals surface area contributed by atoms with Crippen LogP contribution in [0.2, 0.25) is 0 Å². The summed E-state index contributed by atoms with van der Waals surface area (Å²) in [4.78, 5) is 2.25. The predicted molar refractivity (Wildman–Crippen MR) is 82.5 cm³/mol. The van der Waals surface area contributed by atoms with Crippen LogP contribution in [0.5, 0.6) is 0 Å². The van der Waals surface area contributed by atoms with Crippen LogP contribution >= 0.6 is 0 Å². The average Bonchev–Trinajstić information content (AvgIpc) is 2.76. The maximum absolute atomic E-state index is 4.27.